The van der Waals surface area contributed by atoms with E-state index < -0.39 is 5.79 Å². The molecule has 1 saturated carbocycles. The summed E-state index contributed by atoms with van der Waals surface area (Å²) < 4.78 is 1.12. The summed E-state index contributed by atoms with van der Waals surface area (Å²) in [7, 11) is 4.19. The summed E-state index contributed by atoms with van der Waals surface area (Å²) in [4.78, 5) is 10.6. The number of H-pyrrole nitrogens is 1. The Hall–Kier alpha value is -1.83. The minimum absolute atomic E-state index is 0.380. The quantitative estimate of drug-likeness (QED) is 0.462. The lowest BCUT2D eigenvalue weighted by atomic mass is 9.77. The highest BCUT2D eigenvalue weighted by Gasteiger charge is 2.42. The van der Waals surface area contributed by atoms with Crippen LogP contribution in [0, 0.1) is 11.8 Å². The van der Waals surface area contributed by atoms with Crippen molar-refractivity contribution in [1.82, 2.24) is 20.5 Å². The van der Waals surface area contributed by atoms with Crippen LogP contribution in [0.3, 0.4) is 0 Å². The van der Waals surface area contributed by atoms with E-state index in [0.29, 0.717) is 11.8 Å². The number of benzene rings is 1. The van der Waals surface area contributed by atoms with Gasteiger partial charge >= 0.3 is 0 Å². The number of hydrogen-bond acceptors (Lipinski definition) is 5. The highest BCUT2D eigenvalue weighted by Crippen LogP contribution is 2.38. The van der Waals surface area contributed by atoms with E-state index in [1.807, 2.05) is 0 Å². The molecule has 5 N–H and O–H groups in total. The minimum Gasteiger partial charge on any atom is -0.363 e. The predicted molar refractivity (Wildman–Crippen MR) is 140 cm³/mol. The van der Waals surface area contributed by atoms with Crippen LogP contribution in [-0.4, -0.2) is 42.1 Å². The molecule has 2 aromatic rings. The molecule has 1 atom stereocenters. The van der Waals surface area contributed by atoms with E-state index in [4.69, 9.17) is 10.7 Å². The highest BCUT2D eigenvalue weighted by atomic mass is 79.9. The maximum absolute atomic E-state index is 6.96. The molecule has 2 heterocycles. The second kappa shape index (κ2) is 9.43. The van der Waals surface area contributed by atoms with Gasteiger partial charge in [-0.1, -0.05) is 15.9 Å². The van der Waals surface area contributed by atoms with Crippen molar-refractivity contribution in [1.29, 1.82) is 0 Å². The van der Waals surface area contributed by atoms with Crippen LogP contribution in [0.5, 0.6) is 0 Å². The third-order valence-electron chi connectivity index (χ3n) is 7.75. The van der Waals surface area contributed by atoms with Crippen LogP contribution in [0.25, 0.3) is 10.9 Å². The number of aromatic nitrogens is 1. The Labute approximate surface area is 205 Å². The molecular weight excluding hydrogens is 476 g/mol. The summed E-state index contributed by atoms with van der Waals surface area (Å²) in [5.74, 6) is 1.52. The molecule has 7 heteroatoms. The fourth-order valence-corrected chi connectivity index (χ4v) is 6.24. The van der Waals surface area contributed by atoms with Crippen molar-refractivity contribution in [3.05, 3.63) is 45.7 Å². The zero-order valence-electron chi connectivity index (χ0n) is 19.9. The minimum atomic E-state index is -0.661. The second-order valence-corrected chi connectivity index (χ2v) is 11.2. The van der Waals surface area contributed by atoms with Crippen LogP contribution in [0.1, 0.15) is 56.9 Å². The van der Waals surface area contributed by atoms with Gasteiger partial charge in [0, 0.05) is 59.4 Å². The number of likely N-dealkylation sites (N-methyl/N-ethyl adjacent to an activating group) is 1. The Kier molecular flexibility index (Phi) is 6.56. The van der Waals surface area contributed by atoms with Crippen LogP contribution in [-0.2, 0) is 6.54 Å². The molecule has 178 valence electrons. The van der Waals surface area contributed by atoms with Gasteiger partial charge in [0.25, 0.3) is 0 Å². The standard InChI is InChI=1S/C26H37BrN6/c1-33(2)25-21-5-3-4-6-24(21)31-26(28,32-25)19-9-7-17(8-10-19)14-29-15-18-16-30-23-12-11-20(27)13-22(18)23/h11-13,16-17,19,29-31H,3-10,14-15,28H2,1-2H3. The molecule has 0 saturated heterocycles. The van der Waals surface area contributed by atoms with Crippen molar-refractivity contribution in [2.75, 3.05) is 20.6 Å². The van der Waals surface area contributed by atoms with E-state index in [9.17, 15) is 0 Å². The summed E-state index contributed by atoms with van der Waals surface area (Å²) >= 11 is 3.59. The van der Waals surface area contributed by atoms with Gasteiger partial charge in [0.1, 0.15) is 5.84 Å². The van der Waals surface area contributed by atoms with Gasteiger partial charge in [0.05, 0.1) is 0 Å². The zero-order chi connectivity index (χ0) is 23.0. The van der Waals surface area contributed by atoms with Gasteiger partial charge in [0.2, 0.25) is 0 Å². The van der Waals surface area contributed by atoms with Crippen molar-refractivity contribution in [2.24, 2.45) is 22.6 Å². The maximum atomic E-state index is 6.96. The molecule has 0 spiro atoms. The van der Waals surface area contributed by atoms with Crippen LogP contribution < -0.4 is 16.4 Å². The first-order valence-corrected chi connectivity index (χ1v) is 13.2. The van der Waals surface area contributed by atoms with Gasteiger partial charge in [-0.15, -0.1) is 0 Å². The number of aliphatic imine (C=N–C) groups is 1. The van der Waals surface area contributed by atoms with Gasteiger partial charge < -0.3 is 20.5 Å². The molecule has 2 aliphatic carbocycles. The Morgan fingerprint density at radius 3 is 2.76 bits per heavy atom. The average molecular weight is 514 g/mol. The summed E-state index contributed by atoms with van der Waals surface area (Å²) in [6.07, 6.45) is 11.5. The highest BCUT2D eigenvalue weighted by molar-refractivity contribution is 9.10. The summed E-state index contributed by atoms with van der Waals surface area (Å²) in [5.41, 5.74) is 12.2. The number of halogens is 1. The largest absolute Gasteiger partial charge is 0.363 e. The molecule has 1 aliphatic heterocycles. The lowest BCUT2D eigenvalue weighted by molar-refractivity contribution is 0.150. The van der Waals surface area contributed by atoms with E-state index in [2.05, 4.69) is 74.9 Å². The Morgan fingerprint density at radius 1 is 1.18 bits per heavy atom. The number of nitrogens with one attached hydrogen (secondary N) is 3. The number of fused-ring (bicyclic) bond motifs is 1. The zero-order valence-corrected chi connectivity index (χ0v) is 21.5. The number of nitrogens with zero attached hydrogens (tertiary/aromatic N) is 2. The smallest absolute Gasteiger partial charge is 0.187 e. The molecular formula is C26H37BrN6. The SMILES string of the molecule is CN(C)C1=NC(N)(C2CCC(CNCc3c[nH]c4ccc(Br)cc34)CC2)NC2=C1CCCC2. The van der Waals surface area contributed by atoms with Gasteiger partial charge in [0.15, 0.2) is 5.79 Å². The average Bonchev–Trinajstić information content (AvgIpc) is 3.21. The van der Waals surface area contributed by atoms with E-state index in [-0.39, 0.29) is 0 Å². The number of rotatable bonds is 5. The second-order valence-electron chi connectivity index (χ2n) is 10.3. The molecule has 5 rings (SSSR count). The molecule has 1 fully saturated rings. The first kappa shape index (κ1) is 22.9. The fourth-order valence-electron chi connectivity index (χ4n) is 5.88. The van der Waals surface area contributed by atoms with Crippen molar-refractivity contribution in [3.8, 4) is 0 Å². The lowest BCUT2D eigenvalue weighted by Crippen LogP contribution is -2.61. The molecule has 1 aromatic carbocycles. The van der Waals surface area contributed by atoms with E-state index in [1.165, 1.54) is 53.4 Å². The molecule has 0 amide bonds. The molecule has 0 bridgehead atoms. The molecule has 1 aromatic heterocycles. The molecule has 1 unspecified atom stereocenters. The van der Waals surface area contributed by atoms with Gasteiger partial charge in [-0.05, 0) is 87.6 Å². The molecule has 0 radical (unpaired) electrons. The third kappa shape index (κ3) is 4.73. The number of allylic oxidation sites excluding steroid dienone is 1. The third-order valence-corrected chi connectivity index (χ3v) is 8.24. The number of hydrogen-bond donors (Lipinski definition) is 4. The van der Waals surface area contributed by atoms with Crippen molar-refractivity contribution < 1.29 is 0 Å². The maximum Gasteiger partial charge on any atom is 0.187 e. The normalized spacial score (nSPS) is 27.8. The number of nitrogens with two attached hydrogens (primary N) is 1. The van der Waals surface area contributed by atoms with E-state index >= 15 is 0 Å². The Balaban J connectivity index is 1.17. The van der Waals surface area contributed by atoms with E-state index in [1.54, 1.807) is 0 Å². The number of amidine groups is 1. The predicted octanol–water partition coefficient (Wildman–Crippen LogP) is 4.83. The summed E-state index contributed by atoms with van der Waals surface area (Å²) in [5, 5.41) is 8.70. The topological polar surface area (TPSA) is 81.5 Å². The van der Waals surface area contributed by atoms with Crippen LogP contribution in [0.15, 0.2) is 45.1 Å². The Bertz CT molecular complexity index is 1060. The van der Waals surface area contributed by atoms with E-state index in [0.717, 1.165) is 49.1 Å². The fraction of sp³-hybridized carbons (Fsp3) is 0.577. The molecule has 3 aliphatic rings. The van der Waals surface area contributed by atoms with Crippen molar-refractivity contribution in [3.63, 3.8) is 0 Å². The van der Waals surface area contributed by atoms with Gasteiger partial charge in [-0.3, -0.25) is 5.73 Å². The first-order chi connectivity index (χ1) is 15.9. The summed E-state index contributed by atoms with van der Waals surface area (Å²) in [6.45, 7) is 1.95. The first-order valence-electron chi connectivity index (χ1n) is 12.5. The lowest BCUT2D eigenvalue weighted by Gasteiger charge is -2.45. The van der Waals surface area contributed by atoms with Crippen molar-refractivity contribution >= 4 is 32.7 Å². The molecule has 6 nitrogen and oxygen atoms in total. The number of aromatic amines is 1. The van der Waals surface area contributed by atoms with Crippen molar-refractivity contribution in [2.45, 2.75) is 63.7 Å². The van der Waals surface area contributed by atoms with Gasteiger partial charge in [-0.2, -0.15) is 0 Å². The Morgan fingerprint density at radius 2 is 1.97 bits per heavy atom. The van der Waals surface area contributed by atoms with Crippen LogP contribution in [0.2, 0.25) is 0 Å². The molecule has 33 heavy (non-hydrogen) atoms. The monoisotopic (exact) mass is 512 g/mol. The van der Waals surface area contributed by atoms with Crippen LogP contribution >= 0.6 is 15.9 Å². The summed E-state index contributed by atoms with van der Waals surface area (Å²) in [6, 6.07) is 6.40. The van der Waals surface area contributed by atoms with Gasteiger partial charge in [-0.25, -0.2) is 4.99 Å². The van der Waals surface area contributed by atoms with Crippen LogP contribution in [0.4, 0.5) is 0 Å².